The van der Waals surface area contributed by atoms with E-state index in [1.807, 2.05) is 30.3 Å². The Kier molecular flexibility index (Phi) is 6.55. The summed E-state index contributed by atoms with van der Waals surface area (Å²) in [4.78, 5) is 19.5. The van der Waals surface area contributed by atoms with Gasteiger partial charge in [-0.15, -0.1) is 0 Å². The Labute approximate surface area is 212 Å². The number of hydrogen-bond donors (Lipinski definition) is 1. The fourth-order valence-electron chi connectivity index (χ4n) is 6.65. The van der Waals surface area contributed by atoms with Crippen molar-refractivity contribution in [1.82, 2.24) is 9.79 Å². The number of nitrogens with one attached hydrogen (secondary N) is 1. The molecule has 6 nitrogen and oxygen atoms in total. The standard InChI is InChI=1S/C28H33FN2O4S/c1-27(2)22-15-16-28(27)19-36(33,34)31(25(28)17-22)26(32)24(30-35-18-21-7-4-3-5-8-21)10-6-9-20-11-13-23(29)14-12-20/h3-9,11-14,22,24-25,30H,10,15-19H2,1-2H3/b9-6+/t22-,24+,25-,28-/m1/s1. The minimum absolute atomic E-state index is 0.0307. The second kappa shape index (κ2) is 9.39. The molecule has 1 heterocycles. The lowest BCUT2D eigenvalue weighted by molar-refractivity contribution is -0.136. The lowest BCUT2D eigenvalue weighted by atomic mass is 9.69. The molecule has 3 fully saturated rings. The van der Waals surface area contributed by atoms with E-state index in [4.69, 9.17) is 4.84 Å². The fourth-order valence-corrected chi connectivity index (χ4v) is 9.22. The van der Waals surface area contributed by atoms with Gasteiger partial charge in [0.15, 0.2) is 0 Å². The highest BCUT2D eigenvalue weighted by molar-refractivity contribution is 7.90. The summed E-state index contributed by atoms with van der Waals surface area (Å²) in [5, 5.41) is 0. The molecule has 2 saturated carbocycles. The number of halogens is 1. The summed E-state index contributed by atoms with van der Waals surface area (Å²) in [6.07, 6.45) is 6.39. The number of rotatable bonds is 8. The minimum atomic E-state index is -3.74. The van der Waals surface area contributed by atoms with E-state index in [0.717, 1.165) is 30.4 Å². The quantitative estimate of drug-likeness (QED) is 0.520. The third kappa shape index (κ3) is 4.29. The summed E-state index contributed by atoms with van der Waals surface area (Å²) in [6, 6.07) is 14.4. The van der Waals surface area contributed by atoms with Crippen LogP contribution in [-0.4, -0.2) is 36.5 Å². The molecule has 4 atom stereocenters. The van der Waals surface area contributed by atoms with Gasteiger partial charge in [-0.25, -0.2) is 17.1 Å². The van der Waals surface area contributed by atoms with Gasteiger partial charge in [0.05, 0.1) is 18.4 Å². The topological polar surface area (TPSA) is 75.7 Å². The van der Waals surface area contributed by atoms with Crippen LogP contribution in [0.5, 0.6) is 0 Å². The van der Waals surface area contributed by atoms with Crippen LogP contribution in [0.25, 0.3) is 6.08 Å². The third-order valence-corrected chi connectivity index (χ3v) is 10.7. The predicted molar refractivity (Wildman–Crippen MR) is 136 cm³/mol. The van der Waals surface area contributed by atoms with Crippen molar-refractivity contribution in [3.8, 4) is 0 Å². The zero-order chi connectivity index (χ0) is 25.6. The fraction of sp³-hybridized carbons (Fsp3) is 0.464. The summed E-state index contributed by atoms with van der Waals surface area (Å²) < 4.78 is 41.2. The van der Waals surface area contributed by atoms with Crippen LogP contribution in [0.2, 0.25) is 0 Å². The van der Waals surface area contributed by atoms with Crippen molar-refractivity contribution in [2.75, 3.05) is 5.75 Å². The molecule has 0 aromatic heterocycles. The molecular formula is C28H33FN2O4S. The van der Waals surface area contributed by atoms with Crippen molar-refractivity contribution in [3.63, 3.8) is 0 Å². The molecule has 3 aliphatic rings. The van der Waals surface area contributed by atoms with Gasteiger partial charge in [0.25, 0.3) is 5.91 Å². The first-order valence-electron chi connectivity index (χ1n) is 12.5. The van der Waals surface area contributed by atoms with Gasteiger partial charge in [0.1, 0.15) is 11.9 Å². The van der Waals surface area contributed by atoms with Gasteiger partial charge in [0.2, 0.25) is 10.0 Å². The predicted octanol–water partition coefficient (Wildman–Crippen LogP) is 4.69. The molecule has 1 amide bonds. The van der Waals surface area contributed by atoms with Crippen LogP contribution in [0.15, 0.2) is 60.7 Å². The van der Waals surface area contributed by atoms with Crippen molar-refractivity contribution in [1.29, 1.82) is 0 Å². The van der Waals surface area contributed by atoms with Gasteiger partial charge >= 0.3 is 0 Å². The summed E-state index contributed by atoms with van der Waals surface area (Å²) in [5.41, 5.74) is 4.07. The second-order valence-corrected chi connectivity index (χ2v) is 12.7. The van der Waals surface area contributed by atoms with Gasteiger partial charge in [-0.3, -0.25) is 9.63 Å². The largest absolute Gasteiger partial charge is 0.296 e. The molecule has 2 aromatic carbocycles. The SMILES string of the molecule is CC1(C)[C@@H]2CC[C@]13CS(=O)(=O)N(C(=O)[C@H](C/C=C/c1ccc(F)cc1)NOCc1ccccc1)[C@@H]3C2. The molecule has 1 saturated heterocycles. The highest BCUT2D eigenvalue weighted by Gasteiger charge is 2.72. The molecule has 0 radical (unpaired) electrons. The molecule has 1 aliphatic heterocycles. The van der Waals surface area contributed by atoms with Crippen LogP contribution in [0.4, 0.5) is 4.39 Å². The highest BCUT2D eigenvalue weighted by atomic mass is 32.2. The Morgan fingerprint density at radius 1 is 1.19 bits per heavy atom. The highest BCUT2D eigenvalue weighted by Crippen LogP contribution is 2.70. The van der Waals surface area contributed by atoms with Gasteiger partial charge in [-0.1, -0.05) is 68.5 Å². The van der Waals surface area contributed by atoms with Gasteiger partial charge in [0, 0.05) is 5.41 Å². The first-order chi connectivity index (χ1) is 17.1. The van der Waals surface area contributed by atoms with E-state index < -0.39 is 22.0 Å². The molecule has 8 heteroatoms. The maximum Gasteiger partial charge on any atom is 0.256 e. The van der Waals surface area contributed by atoms with Gasteiger partial charge < -0.3 is 0 Å². The van der Waals surface area contributed by atoms with Crippen molar-refractivity contribution in [2.45, 2.75) is 58.2 Å². The Bertz CT molecular complexity index is 1250. The average molecular weight is 513 g/mol. The smallest absolute Gasteiger partial charge is 0.256 e. The molecule has 2 aliphatic carbocycles. The van der Waals surface area contributed by atoms with Crippen molar-refractivity contribution < 1.29 is 22.4 Å². The molecule has 1 N–H and O–H groups in total. The number of amides is 1. The summed E-state index contributed by atoms with van der Waals surface area (Å²) in [7, 11) is -3.74. The zero-order valence-electron chi connectivity index (χ0n) is 20.7. The van der Waals surface area contributed by atoms with E-state index in [9.17, 15) is 17.6 Å². The van der Waals surface area contributed by atoms with Crippen LogP contribution in [0, 0.1) is 22.6 Å². The maximum atomic E-state index is 13.8. The number of carbonyl (C=O) groups is 1. The van der Waals surface area contributed by atoms with Crippen molar-refractivity contribution in [2.24, 2.45) is 16.7 Å². The van der Waals surface area contributed by atoms with E-state index in [1.54, 1.807) is 24.3 Å². The van der Waals surface area contributed by atoms with Crippen molar-refractivity contribution >= 4 is 22.0 Å². The number of sulfonamides is 1. The average Bonchev–Trinajstić information content (AvgIpc) is 3.32. The monoisotopic (exact) mass is 512 g/mol. The normalized spacial score (nSPS) is 28.5. The Balaban J connectivity index is 1.36. The number of benzene rings is 2. The van der Waals surface area contributed by atoms with Crippen LogP contribution in [0.3, 0.4) is 0 Å². The third-order valence-electron chi connectivity index (χ3n) is 8.79. The summed E-state index contributed by atoms with van der Waals surface area (Å²) in [6.45, 7) is 4.57. The minimum Gasteiger partial charge on any atom is -0.296 e. The lowest BCUT2D eigenvalue weighted by Crippen LogP contribution is -2.51. The first-order valence-corrected chi connectivity index (χ1v) is 14.1. The molecule has 2 aromatic rings. The van der Waals surface area contributed by atoms with Crippen molar-refractivity contribution in [3.05, 3.63) is 77.6 Å². The van der Waals surface area contributed by atoms with Crippen LogP contribution in [0.1, 0.15) is 50.7 Å². The van der Waals surface area contributed by atoms with E-state index >= 15 is 0 Å². The zero-order valence-corrected chi connectivity index (χ0v) is 21.5. The second-order valence-electron chi connectivity index (χ2n) is 10.9. The lowest BCUT2D eigenvalue weighted by Gasteiger charge is -2.37. The van der Waals surface area contributed by atoms with Crippen LogP contribution < -0.4 is 5.48 Å². The molecule has 1 spiro atoms. The Hall–Kier alpha value is -2.55. The number of hydroxylamine groups is 1. The number of hydrogen-bond acceptors (Lipinski definition) is 5. The Morgan fingerprint density at radius 3 is 2.61 bits per heavy atom. The van der Waals surface area contributed by atoms with Crippen LogP contribution in [-0.2, 0) is 26.3 Å². The summed E-state index contributed by atoms with van der Waals surface area (Å²) in [5.74, 6) is -0.342. The van der Waals surface area contributed by atoms with E-state index in [1.165, 1.54) is 16.4 Å². The summed E-state index contributed by atoms with van der Waals surface area (Å²) >= 11 is 0. The number of carbonyl (C=O) groups excluding carboxylic acids is 1. The number of nitrogens with zero attached hydrogens (tertiary/aromatic N) is 1. The molecule has 192 valence electrons. The molecule has 36 heavy (non-hydrogen) atoms. The van der Waals surface area contributed by atoms with Gasteiger partial charge in [-0.05, 0) is 60.3 Å². The maximum absolute atomic E-state index is 13.8. The van der Waals surface area contributed by atoms with E-state index in [-0.39, 0.29) is 41.5 Å². The van der Waals surface area contributed by atoms with E-state index in [2.05, 4.69) is 19.3 Å². The molecular weight excluding hydrogens is 479 g/mol. The molecule has 0 unspecified atom stereocenters. The molecule has 5 rings (SSSR count). The molecule has 2 bridgehead atoms. The van der Waals surface area contributed by atoms with E-state index in [0.29, 0.717) is 5.92 Å². The first kappa shape index (κ1) is 25.1. The Morgan fingerprint density at radius 2 is 1.92 bits per heavy atom. The number of fused-ring (bicyclic) bond motifs is 1. The van der Waals surface area contributed by atoms with Gasteiger partial charge in [-0.2, -0.15) is 5.48 Å². The van der Waals surface area contributed by atoms with Crippen LogP contribution >= 0.6 is 0 Å².